The number of nitrogens with zero attached hydrogens (tertiary/aromatic N) is 3. The maximum atomic E-state index is 12.8. The molecule has 4 rings (SSSR count). The van der Waals surface area contributed by atoms with Gasteiger partial charge in [0.2, 0.25) is 0 Å². The molecule has 1 amide bonds. The van der Waals surface area contributed by atoms with Gasteiger partial charge in [-0.25, -0.2) is 4.79 Å². The zero-order chi connectivity index (χ0) is 19.7. The fourth-order valence-corrected chi connectivity index (χ4v) is 3.97. The van der Waals surface area contributed by atoms with Crippen molar-refractivity contribution in [3.63, 3.8) is 0 Å². The van der Waals surface area contributed by atoms with Gasteiger partial charge in [-0.3, -0.25) is 14.7 Å². The van der Waals surface area contributed by atoms with Crippen molar-refractivity contribution in [1.29, 1.82) is 0 Å². The smallest absolute Gasteiger partial charge is 0.407 e. The predicted octanol–water partition coefficient (Wildman–Crippen LogP) is 3.30. The molecule has 1 aromatic carbocycles. The van der Waals surface area contributed by atoms with Crippen LogP contribution < -0.4 is 5.32 Å². The SMILES string of the molecule is O=C(c1cnc2ccc(Br)cc2c1NCCN1CCN(C(=O)O)CC1)C1CC1. The highest BCUT2D eigenvalue weighted by molar-refractivity contribution is 9.10. The molecule has 0 radical (unpaired) electrons. The average Bonchev–Trinajstić information content (AvgIpc) is 3.53. The number of carbonyl (C=O) groups excluding carboxylic acids is 1. The van der Waals surface area contributed by atoms with Crippen LogP contribution in [0.5, 0.6) is 0 Å². The number of fused-ring (bicyclic) bond motifs is 1. The third-order valence-electron chi connectivity index (χ3n) is 5.42. The summed E-state index contributed by atoms with van der Waals surface area (Å²) in [6.07, 6.45) is 2.77. The number of halogens is 1. The van der Waals surface area contributed by atoms with Crippen molar-refractivity contribution in [2.24, 2.45) is 5.92 Å². The van der Waals surface area contributed by atoms with Gasteiger partial charge in [-0.05, 0) is 31.0 Å². The summed E-state index contributed by atoms with van der Waals surface area (Å²) in [6, 6.07) is 5.89. The fraction of sp³-hybridized carbons (Fsp3) is 0.450. The lowest BCUT2D eigenvalue weighted by Gasteiger charge is -2.33. The molecule has 28 heavy (non-hydrogen) atoms. The van der Waals surface area contributed by atoms with Crippen molar-refractivity contribution in [1.82, 2.24) is 14.8 Å². The zero-order valence-corrected chi connectivity index (χ0v) is 17.1. The molecule has 0 bridgehead atoms. The van der Waals surface area contributed by atoms with E-state index in [-0.39, 0.29) is 11.7 Å². The molecule has 2 heterocycles. The van der Waals surface area contributed by atoms with Crippen molar-refractivity contribution < 1.29 is 14.7 Å². The molecule has 0 unspecified atom stereocenters. The normalized spacial score (nSPS) is 17.7. The lowest BCUT2D eigenvalue weighted by atomic mass is 10.0. The van der Waals surface area contributed by atoms with Gasteiger partial charge in [0, 0.05) is 61.2 Å². The lowest BCUT2D eigenvalue weighted by Crippen LogP contribution is -2.49. The summed E-state index contributed by atoms with van der Waals surface area (Å²) in [5.74, 6) is 0.308. The molecule has 1 saturated carbocycles. The van der Waals surface area contributed by atoms with Crippen LogP contribution in [-0.4, -0.2) is 71.0 Å². The number of benzene rings is 1. The number of anilines is 1. The molecule has 1 aliphatic carbocycles. The van der Waals surface area contributed by atoms with E-state index in [1.54, 1.807) is 6.20 Å². The van der Waals surface area contributed by atoms with Crippen molar-refractivity contribution in [3.05, 3.63) is 34.4 Å². The maximum absolute atomic E-state index is 12.8. The van der Waals surface area contributed by atoms with E-state index in [0.717, 1.165) is 53.5 Å². The minimum atomic E-state index is -0.852. The molecule has 7 nitrogen and oxygen atoms in total. The number of carboxylic acid groups (broad SMARTS) is 1. The topological polar surface area (TPSA) is 85.8 Å². The Balaban J connectivity index is 1.49. The van der Waals surface area contributed by atoms with Gasteiger partial charge in [0.1, 0.15) is 0 Å². The zero-order valence-electron chi connectivity index (χ0n) is 15.5. The minimum Gasteiger partial charge on any atom is -0.465 e. The molecule has 2 N–H and O–H groups in total. The highest BCUT2D eigenvalue weighted by atomic mass is 79.9. The first-order valence-electron chi connectivity index (χ1n) is 9.59. The molecular weight excluding hydrogens is 424 g/mol. The number of carbonyl (C=O) groups is 2. The summed E-state index contributed by atoms with van der Waals surface area (Å²) in [7, 11) is 0. The number of piperazine rings is 1. The number of Topliss-reactive ketones (excluding diaryl/α,β-unsaturated/α-hetero) is 1. The van der Waals surface area contributed by atoms with E-state index in [9.17, 15) is 9.59 Å². The van der Waals surface area contributed by atoms with E-state index in [1.807, 2.05) is 18.2 Å². The number of rotatable bonds is 6. The number of ketones is 1. The molecule has 1 aliphatic heterocycles. The average molecular weight is 447 g/mol. The first-order valence-corrected chi connectivity index (χ1v) is 10.4. The fourth-order valence-electron chi connectivity index (χ4n) is 3.61. The number of aromatic nitrogens is 1. The first-order chi connectivity index (χ1) is 13.5. The Bertz CT molecular complexity index is 908. The first kappa shape index (κ1) is 19.1. The van der Waals surface area contributed by atoms with Gasteiger partial charge in [0.15, 0.2) is 5.78 Å². The van der Waals surface area contributed by atoms with E-state index in [4.69, 9.17) is 5.11 Å². The number of nitrogens with one attached hydrogen (secondary N) is 1. The number of pyridine rings is 1. The van der Waals surface area contributed by atoms with Crippen molar-refractivity contribution in [3.8, 4) is 0 Å². The van der Waals surface area contributed by atoms with Crippen LogP contribution in [0, 0.1) is 5.92 Å². The van der Waals surface area contributed by atoms with Crippen molar-refractivity contribution >= 4 is 44.4 Å². The van der Waals surface area contributed by atoms with E-state index in [0.29, 0.717) is 25.2 Å². The summed E-state index contributed by atoms with van der Waals surface area (Å²) in [6.45, 7) is 4.00. The Morgan fingerprint density at radius 3 is 2.64 bits per heavy atom. The van der Waals surface area contributed by atoms with Gasteiger partial charge < -0.3 is 15.3 Å². The van der Waals surface area contributed by atoms with E-state index in [2.05, 4.69) is 31.1 Å². The molecule has 0 spiro atoms. The molecule has 2 fully saturated rings. The quantitative estimate of drug-likeness (QED) is 0.662. The van der Waals surface area contributed by atoms with Crippen LogP contribution in [-0.2, 0) is 0 Å². The Kier molecular flexibility index (Phi) is 5.50. The van der Waals surface area contributed by atoms with Crippen LogP contribution in [0.1, 0.15) is 23.2 Å². The van der Waals surface area contributed by atoms with Gasteiger partial charge in [-0.1, -0.05) is 15.9 Å². The number of amides is 1. The monoisotopic (exact) mass is 446 g/mol. The summed E-state index contributed by atoms with van der Waals surface area (Å²) in [5, 5.41) is 13.5. The molecule has 0 atom stereocenters. The molecular formula is C20H23BrN4O3. The molecule has 8 heteroatoms. The molecule has 1 aromatic heterocycles. The van der Waals surface area contributed by atoms with Gasteiger partial charge in [0.05, 0.1) is 16.8 Å². The summed E-state index contributed by atoms with van der Waals surface area (Å²) in [4.78, 5) is 32.0. The van der Waals surface area contributed by atoms with Gasteiger partial charge in [0.25, 0.3) is 0 Å². The Labute approximate surface area is 171 Å². The summed E-state index contributed by atoms with van der Waals surface area (Å²) < 4.78 is 0.950. The second-order valence-electron chi connectivity index (χ2n) is 7.38. The lowest BCUT2D eigenvalue weighted by molar-refractivity contribution is 0.0968. The van der Waals surface area contributed by atoms with Crippen LogP contribution >= 0.6 is 15.9 Å². The van der Waals surface area contributed by atoms with E-state index >= 15 is 0 Å². The Hall–Kier alpha value is -2.19. The number of hydrogen-bond acceptors (Lipinski definition) is 5. The predicted molar refractivity (Wildman–Crippen MR) is 111 cm³/mol. The summed E-state index contributed by atoms with van der Waals surface area (Å²) in [5.41, 5.74) is 2.38. The highest BCUT2D eigenvalue weighted by Gasteiger charge is 2.32. The minimum absolute atomic E-state index is 0.135. The molecule has 2 aromatic rings. The molecule has 1 saturated heterocycles. The third kappa shape index (κ3) is 4.12. The van der Waals surface area contributed by atoms with Crippen LogP contribution in [0.3, 0.4) is 0 Å². The largest absolute Gasteiger partial charge is 0.465 e. The van der Waals surface area contributed by atoms with Crippen LogP contribution in [0.15, 0.2) is 28.9 Å². The summed E-state index contributed by atoms with van der Waals surface area (Å²) >= 11 is 3.52. The molecule has 148 valence electrons. The van der Waals surface area contributed by atoms with Crippen LogP contribution in [0.4, 0.5) is 10.5 Å². The Morgan fingerprint density at radius 1 is 1.21 bits per heavy atom. The van der Waals surface area contributed by atoms with Gasteiger partial charge in [-0.2, -0.15) is 0 Å². The second-order valence-corrected chi connectivity index (χ2v) is 8.30. The van der Waals surface area contributed by atoms with Crippen molar-refractivity contribution in [2.45, 2.75) is 12.8 Å². The van der Waals surface area contributed by atoms with Crippen LogP contribution in [0.2, 0.25) is 0 Å². The standard InChI is InChI=1S/C20H23BrN4O3/c21-14-3-4-17-15(11-14)18(16(12-23-17)19(26)13-1-2-13)22-5-6-24-7-9-25(10-8-24)20(27)28/h3-4,11-13H,1-2,5-10H2,(H,22,23)(H,27,28). The van der Waals surface area contributed by atoms with Gasteiger partial charge in [-0.15, -0.1) is 0 Å². The van der Waals surface area contributed by atoms with Crippen LogP contribution in [0.25, 0.3) is 10.9 Å². The van der Waals surface area contributed by atoms with Gasteiger partial charge >= 0.3 is 6.09 Å². The Morgan fingerprint density at radius 2 is 1.96 bits per heavy atom. The highest BCUT2D eigenvalue weighted by Crippen LogP contribution is 2.37. The second kappa shape index (κ2) is 8.05. The maximum Gasteiger partial charge on any atom is 0.407 e. The number of hydrogen-bond donors (Lipinski definition) is 2. The van der Waals surface area contributed by atoms with E-state index in [1.165, 1.54) is 4.90 Å². The van der Waals surface area contributed by atoms with E-state index < -0.39 is 6.09 Å². The molecule has 2 aliphatic rings. The third-order valence-corrected chi connectivity index (χ3v) is 5.91. The van der Waals surface area contributed by atoms with Crippen molar-refractivity contribution in [2.75, 3.05) is 44.6 Å².